The average molecular weight is 361 g/mol. The van der Waals surface area contributed by atoms with E-state index in [0.717, 1.165) is 5.56 Å². The van der Waals surface area contributed by atoms with Crippen LogP contribution in [0.1, 0.15) is 5.56 Å². The molecule has 26 heavy (non-hydrogen) atoms. The van der Waals surface area contributed by atoms with Crippen molar-refractivity contribution in [2.24, 2.45) is 0 Å². The molecule has 0 aliphatic rings. The van der Waals surface area contributed by atoms with Gasteiger partial charge in [0.1, 0.15) is 12.7 Å². The number of para-hydroxylation sites is 1. The second-order valence-electron chi connectivity index (χ2n) is 5.69. The molecule has 0 aliphatic carbocycles. The molecule has 6 nitrogen and oxygen atoms in total. The monoisotopic (exact) mass is 361 g/mol. The van der Waals surface area contributed by atoms with Crippen LogP contribution in [-0.4, -0.2) is 43.5 Å². The first kappa shape index (κ1) is 19.7. The Kier molecular flexibility index (Phi) is 8.38. The highest BCUT2D eigenvalue weighted by molar-refractivity contribution is 5.73. The molecule has 1 unspecified atom stereocenters. The number of hydrogen-bond donors (Lipinski definition) is 4. The number of carbonyl (C=O) groups excluding carboxylic acids is 1. The Bertz CT molecular complexity index is 670. The van der Waals surface area contributed by atoms with Crippen molar-refractivity contribution in [2.45, 2.75) is 12.6 Å². The van der Waals surface area contributed by atoms with Gasteiger partial charge in [-0.3, -0.25) is 0 Å². The molecule has 0 heterocycles. The number of urea groups is 1. The molecule has 0 spiro atoms. The highest BCUT2D eigenvalue weighted by Gasteiger charge is 2.07. The van der Waals surface area contributed by atoms with E-state index in [0.29, 0.717) is 19.6 Å². The lowest BCUT2D eigenvalue weighted by molar-refractivity contribution is 0.104. The SMILES string of the molecule is O=C(NCCNCC(O)COc1ccccc1F)NCc1ccccc1. The quantitative estimate of drug-likeness (QED) is 0.485. The first-order valence-corrected chi connectivity index (χ1v) is 8.47. The second kappa shape index (κ2) is 11.1. The molecular formula is C19H24FN3O3. The van der Waals surface area contributed by atoms with Gasteiger partial charge in [0.2, 0.25) is 0 Å². The van der Waals surface area contributed by atoms with Crippen LogP contribution in [0.4, 0.5) is 9.18 Å². The van der Waals surface area contributed by atoms with E-state index >= 15 is 0 Å². The van der Waals surface area contributed by atoms with Gasteiger partial charge in [-0.1, -0.05) is 42.5 Å². The predicted molar refractivity (Wildman–Crippen MR) is 97.5 cm³/mol. The van der Waals surface area contributed by atoms with E-state index in [1.54, 1.807) is 12.1 Å². The molecule has 0 saturated carbocycles. The Morgan fingerprint density at radius 1 is 1.04 bits per heavy atom. The van der Waals surface area contributed by atoms with Crippen molar-refractivity contribution >= 4 is 6.03 Å². The van der Waals surface area contributed by atoms with E-state index in [9.17, 15) is 14.3 Å². The Hall–Kier alpha value is -2.64. The van der Waals surface area contributed by atoms with Crippen molar-refractivity contribution in [1.29, 1.82) is 0 Å². The minimum Gasteiger partial charge on any atom is -0.488 e. The summed E-state index contributed by atoms with van der Waals surface area (Å²) in [6.07, 6.45) is -0.776. The lowest BCUT2D eigenvalue weighted by Crippen LogP contribution is -2.40. The van der Waals surface area contributed by atoms with Crippen LogP contribution in [-0.2, 0) is 6.54 Å². The average Bonchev–Trinajstić information content (AvgIpc) is 2.66. The van der Waals surface area contributed by atoms with Crippen molar-refractivity contribution in [3.8, 4) is 5.75 Å². The first-order chi connectivity index (χ1) is 12.6. The topological polar surface area (TPSA) is 82.6 Å². The van der Waals surface area contributed by atoms with Crippen LogP contribution < -0.4 is 20.7 Å². The normalized spacial score (nSPS) is 11.6. The zero-order valence-electron chi connectivity index (χ0n) is 14.5. The van der Waals surface area contributed by atoms with Crippen LogP contribution in [0.15, 0.2) is 54.6 Å². The van der Waals surface area contributed by atoms with Crippen LogP contribution in [0.2, 0.25) is 0 Å². The van der Waals surface area contributed by atoms with Crippen LogP contribution in [0.5, 0.6) is 5.75 Å². The smallest absolute Gasteiger partial charge is 0.315 e. The molecule has 0 aliphatic heterocycles. The van der Waals surface area contributed by atoms with E-state index in [4.69, 9.17) is 4.74 Å². The van der Waals surface area contributed by atoms with Crippen molar-refractivity contribution in [1.82, 2.24) is 16.0 Å². The predicted octanol–water partition coefficient (Wildman–Crippen LogP) is 1.65. The Balaban J connectivity index is 1.50. The summed E-state index contributed by atoms with van der Waals surface area (Å²) in [7, 11) is 0. The number of nitrogens with one attached hydrogen (secondary N) is 3. The second-order valence-corrected chi connectivity index (χ2v) is 5.69. The zero-order chi connectivity index (χ0) is 18.6. The van der Waals surface area contributed by atoms with Gasteiger partial charge in [0.25, 0.3) is 0 Å². The third kappa shape index (κ3) is 7.50. The van der Waals surface area contributed by atoms with Crippen LogP contribution >= 0.6 is 0 Å². The summed E-state index contributed by atoms with van der Waals surface area (Å²) in [5.41, 5.74) is 1.03. The standard InChI is InChI=1S/C19H24FN3O3/c20-17-8-4-5-9-18(17)26-14-16(24)13-21-10-11-22-19(25)23-12-15-6-2-1-3-7-15/h1-9,16,21,24H,10-14H2,(H2,22,23,25). The summed E-state index contributed by atoms with van der Waals surface area (Å²) in [6.45, 7) is 1.64. The summed E-state index contributed by atoms with van der Waals surface area (Å²) >= 11 is 0. The fourth-order valence-corrected chi connectivity index (χ4v) is 2.18. The summed E-state index contributed by atoms with van der Waals surface area (Å²) in [4.78, 5) is 11.6. The van der Waals surface area contributed by atoms with E-state index in [-0.39, 0.29) is 24.9 Å². The molecular weight excluding hydrogens is 337 g/mol. The number of amides is 2. The Morgan fingerprint density at radius 3 is 2.54 bits per heavy atom. The molecule has 2 aromatic rings. The number of halogens is 1. The highest BCUT2D eigenvalue weighted by atomic mass is 19.1. The molecule has 0 fully saturated rings. The highest BCUT2D eigenvalue weighted by Crippen LogP contribution is 2.15. The minimum absolute atomic E-state index is 0.0150. The maximum absolute atomic E-state index is 13.4. The number of ether oxygens (including phenoxy) is 1. The van der Waals surface area contributed by atoms with Crippen LogP contribution in [0.3, 0.4) is 0 Å². The molecule has 7 heteroatoms. The number of benzene rings is 2. The van der Waals surface area contributed by atoms with Gasteiger partial charge in [0.05, 0.1) is 0 Å². The fourth-order valence-electron chi connectivity index (χ4n) is 2.18. The van der Waals surface area contributed by atoms with Gasteiger partial charge in [0.15, 0.2) is 11.6 Å². The summed E-state index contributed by atoms with van der Waals surface area (Å²) in [5, 5.41) is 18.3. The minimum atomic E-state index is -0.776. The van der Waals surface area contributed by atoms with Crippen molar-refractivity contribution in [2.75, 3.05) is 26.2 Å². The summed E-state index contributed by atoms with van der Waals surface area (Å²) < 4.78 is 18.6. The molecule has 140 valence electrons. The summed E-state index contributed by atoms with van der Waals surface area (Å²) in [5.74, 6) is -0.346. The van der Waals surface area contributed by atoms with Gasteiger partial charge in [-0.25, -0.2) is 9.18 Å². The number of aliphatic hydroxyl groups is 1. The maximum atomic E-state index is 13.4. The number of carbonyl (C=O) groups is 1. The maximum Gasteiger partial charge on any atom is 0.315 e. The van der Waals surface area contributed by atoms with Crippen molar-refractivity contribution in [3.05, 3.63) is 66.0 Å². The molecule has 0 aromatic heterocycles. The van der Waals surface area contributed by atoms with E-state index < -0.39 is 11.9 Å². The molecule has 2 aromatic carbocycles. The molecule has 4 N–H and O–H groups in total. The van der Waals surface area contributed by atoms with E-state index in [2.05, 4.69) is 16.0 Å². The van der Waals surface area contributed by atoms with Gasteiger partial charge in [-0.2, -0.15) is 0 Å². The van der Waals surface area contributed by atoms with Gasteiger partial charge >= 0.3 is 6.03 Å². The van der Waals surface area contributed by atoms with Crippen LogP contribution in [0, 0.1) is 5.82 Å². The van der Waals surface area contributed by atoms with Gasteiger partial charge in [-0.15, -0.1) is 0 Å². The Labute approximate surface area is 152 Å². The van der Waals surface area contributed by atoms with Crippen LogP contribution in [0.25, 0.3) is 0 Å². The lowest BCUT2D eigenvalue weighted by Gasteiger charge is -2.14. The first-order valence-electron chi connectivity index (χ1n) is 8.47. The number of hydrogen-bond acceptors (Lipinski definition) is 4. The number of rotatable bonds is 10. The van der Waals surface area contributed by atoms with Crippen molar-refractivity contribution < 1.29 is 19.0 Å². The van der Waals surface area contributed by atoms with Gasteiger partial charge < -0.3 is 25.8 Å². The molecule has 0 saturated heterocycles. The Morgan fingerprint density at radius 2 is 1.77 bits per heavy atom. The third-order valence-electron chi connectivity index (χ3n) is 3.53. The molecule has 0 bridgehead atoms. The zero-order valence-corrected chi connectivity index (χ0v) is 14.5. The van der Waals surface area contributed by atoms with Gasteiger partial charge in [0, 0.05) is 26.2 Å². The largest absolute Gasteiger partial charge is 0.488 e. The van der Waals surface area contributed by atoms with Gasteiger partial charge in [-0.05, 0) is 17.7 Å². The van der Waals surface area contributed by atoms with E-state index in [1.807, 2.05) is 30.3 Å². The molecule has 2 rings (SSSR count). The molecule has 2 amide bonds. The van der Waals surface area contributed by atoms with Crippen molar-refractivity contribution in [3.63, 3.8) is 0 Å². The molecule has 1 atom stereocenters. The lowest BCUT2D eigenvalue weighted by atomic mass is 10.2. The van der Waals surface area contributed by atoms with E-state index in [1.165, 1.54) is 12.1 Å². The molecule has 0 radical (unpaired) electrons. The third-order valence-corrected chi connectivity index (χ3v) is 3.53. The number of aliphatic hydroxyl groups excluding tert-OH is 1. The fraction of sp³-hybridized carbons (Fsp3) is 0.316. The summed E-state index contributed by atoms with van der Waals surface area (Å²) in [6, 6.07) is 15.4.